The molecule has 0 aliphatic heterocycles. The van der Waals surface area contributed by atoms with Gasteiger partial charge in [0.05, 0.1) is 18.2 Å². The second-order valence-corrected chi connectivity index (χ2v) is 8.61. The molecule has 0 aliphatic rings. The van der Waals surface area contributed by atoms with E-state index in [4.69, 9.17) is 16.3 Å². The third-order valence-electron chi connectivity index (χ3n) is 5.79. The van der Waals surface area contributed by atoms with Gasteiger partial charge in [0.1, 0.15) is 12.1 Å². The predicted molar refractivity (Wildman–Crippen MR) is 140 cm³/mol. The van der Waals surface area contributed by atoms with Crippen LogP contribution in [0.15, 0.2) is 89.9 Å². The molecule has 3 aromatic carbocycles. The summed E-state index contributed by atoms with van der Waals surface area (Å²) in [6.45, 7) is -0.157. The largest absolute Gasteiger partial charge is 0.481 e. The molecule has 8 heteroatoms. The number of nitrogens with one attached hydrogen (secondary N) is 1. The summed E-state index contributed by atoms with van der Waals surface area (Å²) in [5.74, 6) is -0.590. The summed E-state index contributed by atoms with van der Waals surface area (Å²) in [5, 5.41) is 5.13. The maximum atomic E-state index is 13.5. The van der Waals surface area contributed by atoms with E-state index in [0.717, 1.165) is 10.8 Å². The minimum atomic E-state index is -0.534. The molecule has 7 nitrogen and oxygen atoms in total. The Morgan fingerprint density at radius 1 is 0.972 bits per heavy atom. The maximum absolute atomic E-state index is 13.5. The van der Waals surface area contributed by atoms with Crippen molar-refractivity contribution in [2.45, 2.75) is 6.54 Å². The Bertz CT molecular complexity index is 1710. The first-order valence-corrected chi connectivity index (χ1v) is 11.5. The number of fused-ring (bicyclic) bond motifs is 2. The van der Waals surface area contributed by atoms with E-state index in [0.29, 0.717) is 21.8 Å². The number of methoxy groups -OCH3 is 1. The molecule has 2 heterocycles. The van der Waals surface area contributed by atoms with Crippen molar-refractivity contribution in [3.05, 3.63) is 111 Å². The Hall–Kier alpha value is -4.49. The van der Waals surface area contributed by atoms with Crippen molar-refractivity contribution in [3.8, 4) is 5.88 Å². The zero-order valence-electron chi connectivity index (χ0n) is 19.2. The normalized spacial score (nSPS) is 10.9. The number of carbonyl (C=O) groups is 2. The van der Waals surface area contributed by atoms with Gasteiger partial charge in [-0.3, -0.25) is 14.4 Å². The third kappa shape index (κ3) is 4.56. The molecule has 5 rings (SSSR count). The van der Waals surface area contributed by atoms with E-state index in [1.54, 1.807) is 48.5 Å². The van der Waals surface area contributed by atoms with Crippen LogP contribution in [0.1, 0.15) is 15.9 Å². The SMILES string of the molecule is COc1ccc2c(n1)c(=O)c(C(=O)c1ccc3ccccc3c1)cn2CC(=O)Nc1cccc(Cl)c1. The van der Waals surface area contributed by atoms with Gasteiger partial charge in [-0.05, 0) is 41.1 Å². The number of anilines is 1. The first kappa shape index (κ1) is 23.3. The topological polar surface area (TPSA) is 90.3 Å². The van der Waals surface area contributed by atoms with Gasteiger partial charge in [-0.25, -0.2) is 4.98 Å². The van der Waals surface area contributed by atoms with E-state index in [9.17, 15) is 14.4 Å². The van der Waals surface area contributed by atoms with Crippen molar-refractivity contribution >= 4 is 50.8 Å². The Morgan fingerprint density at radius 3 is 2.56 bits per heavy atom. The Labute approximate surface area is 210 Å². The van der Waals surface area contributed by atoms with Gasteiger partial charge < -0.3 is 14.6 Å². The molecule has 0 saturated heterocycles. The highest BCUT2D eigenvalue weighted by Gasteiger charge is 2.20. The van der Waals surface area contributed by atoms with Crippen molar-refractivity contribution in [2.75, 3.05) is 12.4 Å². The van der Waals surface area contributed by atoms with Gasteiger partial charge in [0.25, 0.3) is 0 Å². The van der Waals surface area contributed by atoms with Gasteiger partial charge in [-0.1, -0.05) is 54.1 Å². The number of hydrogen-bond donors (Lipinski definition) is 1. The van der Waals surface area contributed by atoms with E-state index in [1.165, 1.54) is 17.9 Å². The highest BCUT2D eigenvalue weighted by molar-refractivity contribution is 6.30. The number of ether oxygens (including phenoxy) is 1. The fraction of sp³-hybridized carbons (Fsp3) is 0.0714. The van der Waals surface area contributed by atoms with Crippen LogP contribution in [0.4, 0.5) is 5.69 Å². The number of pyridine rings is 2. The number of hydrogen-bond acceptors (Lipinski definition) is 5. The average Bonchev–Trinajstić information content (AvgIpc) is 2.89. The first-order valence-electron chi connectivity index (χ1n) is 11.1. The van der Waals surface area contributed by atoms with E-state index < -0.39 is 11.2 Å². The van der Waals surface area contributed by atoms with Gasteiger partial charge in [-0.2, -0.15) is 0 Å². The Kier molecular flexibility index (Phi) is 6.23. The second-order valence-electron chi connectivity index (χ2n) is 8.17. The van der Waals surface area contributed by atoms with Crippen molar-refractivity contribution in [1.29, 1.82) is 0 Å². The summed E-state index contributed by atoms with van der Waals surface area (Å²) in [5.41, 5.74) is 0.712. The fourth-order valence-electron chi connectivity index (χ4n) is 4.06. The number of carbonyl (C=O) groups excluding carboxylic acids is 2. The second kappa shape index (κ2) is 9.64. The molecule has 36 heavy (non-hydrogen) atoms. The molecular weight excluding hydrogens is 478 g/mol. The van der Waals surface area contributed by atoms with E-state index >= 15 is 0 Å². The van der Waals surface area contributed by atoms with Crippen LogP contribution in [0.2, 0.25) is 5.02 Å². The number of benzene rings is 3. The summed E-state index contributed by atoms with van der Waals surface area (Å²) in [6.07, 6.45) is 1.41. The van der Waals surface area contributed by atoms with Gasteiger partial charge >= 0.3 is 0 Å². The quantitative estimate of drug-likeness (QED) is 0.330. The standard InChI is InChI=1S/C28H20ClN3O4/c1-36-25-12-11-23-26(31-25)28(35)22(27(34)19-10-9-17-5-2-3-6-18(17)13-19)15-32(23)16-24(33)30-21-8-4-7-20(29)14-21/h2-15H,16H2,1H3,(H,30,33). The Balaban J connectivity index is 1.58. The van der Waals surface area contributed by atoms with Crippen LogP contribution in [0.5, 0.6) is 5.88 Å². The smallest absolute Gasteiger partial charge is 0.244 e. The average molecular weight is 498 g/mol. The predicted octanol–water partition coefficient (Wildman–Crippen LogP) is 5.08. The Morgan fingerprint density at radius 2 is 1.78 bits per heavy atom. The monoisotopic (exact) mass is 497 g/mol. The fourth-order valence-corrected chi connectivity index (χ4v) is 4.25. The van der Waals surface area contributed by atoms with Crippen LogP contribution in [0.25, 0.3) is 21.8 Å². The highest BCUT2D eigenvalue weighted by atomic mass is 35.5. The lowest BCUT2D eigenvalue weighted by atomic mass is 10.00. The summed E-state index contributed by atoms with van der Waals surface area (Å²) in [6, 6.07) is 22.9. The van der Waals surface area contributed by atoms with Crippen LogP contribution >= 0.6 is 11.6 Å². The lowest BCUT2D eigenvalue weighted by Crippen LogP contribution is -2.24. The zero-order valence-corrected chi connectivity index (χ0v) is 20.0. The molecule has 0 radical (unpaired) electrons. The van der Waals surface area contributed by atoms with Crippen molar-refractivity contribution in [3.63, 3.8) is 0 Å². The molecule has 1 N–H and O–H groups in total. The maximum Gasteiger partial charge on any atom is 0.244 e. The molecule has 0 aliphatic carbocycles. The minimum Gasteiger partial charge on any atom is -0.481 e. The molecule has 0 fully saturated rings. The van der Waals surface area contributed by atoms with Crippen molar-refractivity contribution in [1.82, 2.24) is 9.55 Å². The van der Waals surface area contributed by atoms with Gasteiger partial charge in [0, 0.05) is 28.5 Å². The van der Waals surface area contributed by atoms with Crippen LogP contribution in [-0.4, -0.2) is 28.4 Å². The van der Waals surface area contributed by atoms with Crippen molar-refractivity contribution < 1.29 is 14.3 Å². The number of amides is 1. The number of nitrogens with zero attached hydrogens (tertiary/aromatic N) is 2. The molecule has 178 valence electrons. The molecular formula is C28H20ClN3O4. The lowest BCUT2D eigenvalue weighted by Gasteiger charge is -2.14. The first-order chi connectivity index (χ1) is 17.4. The van der Waals surface area contributed by atoms with Crippen LogP contribution < -0.4 is 15.5 Å². The summed E-state index contributed by atoms with van der Waals surface area (Å²) < 4.78 is 6.72. The van der Waals surface area contributed by atoms with Crippen molar-refractivity contribution in [2.24, 2.45) is 0 Å². The summed E-state index contributed by atoms with van der Waals surface area (Å²) >= 11 is 6.01. The van der Waals surface area contributed by atoms with Gasteiger partial charge in [0.15, 0.2) is 5.78 Å². The molecule has 5 aromatic rings. The van der Waals surface area contributed by atoms with E-state index in [1.807, 2.05) is 30.3 Å². The van der Waals surface area contributed by atoms with Crippen LogP contribution in [0, 0.1) is 0 Å². The summed E-state index contributed by atoms with van der Waals surface area (Å²) in [4.78, 5) is 44.0. The molecule has 2 aromatic heterocycles. The molecule has 0 saturated carbocycles. The third-order valence-corrected chi connectivity index (χ3v) is 6.03. The highest BCUT2D eigenvalue weighted by Crippen LogP contribution is 2.20. The zero-order chi connectivity index (χ0) is 25.2. The number of rotatable bonds is 6. The summed E-state index contributed by atoms with van der Waals surface area (Å²) in [7, 11) is 1.44. The van der Waals surface area contributed by atoms with Crippen LogP contribution in [-0.2, 0) is 11.3 Å². The molecule has 0 atom stereocenters. The molecule has 0 bridgehead atoms. The minimum absolute atomic E-state index is 0.0385. The van der Waals surface area contributed by atoms with E-state index in [2.05, 4.69) is 10.3 Å². The van der Waals surface area contributed by atoms with E-state index in [-0.39, 0.29) is 29.4 Å². The van der Waals surface area contributed by atoms with Crippen LogP contribution in [0.3, 0.4) is 0 Å². The molecule has 0 unspecified atom stereocenters. The molecule has 1 amide bonds. The number of halogens is 1. The number of aromatic nitrogens is 2. The number of ketones is 1. The molecule has 0 spiro atoms. The lowest BCUT2D eigenvalue weighted by molar-refractivity contribution is -0.116. The van der Waals surface area contributed by atoms with Gasteiger partial charge in [-0.15, -0.1) is 0 Å². The van der Waals surface area contributed by atoms with Gasteiger partial charge in [0.2, 0.25) is 17.2 Å².